The molecular weight excluding hydrogens is 428 g/mol. The average Bonchev–Trinajstić information content (AvgIpc) is 3.38. The van der Waals surface area contributed by atoms with Gasteiger partial charge in [0, 0.05) is 38.8 Å². The number of hydrogen-bond donors (Lipinski definition) is 3. The molecule has 2 aliphatic carbocycles. The SMILES string of the molecule is Cc1cc(Nc2ccc(-c3ccc(C4=CCC(N)CC4)s3)c(S(=O)(=O)C3CC3)c2)n[nH]1. The van der Waals surface area contributed by atoms with E-state index in [-0.39, 0.29) is 11.3 Å². The van der Waals surface area contributed by atoms with Crippen LogP contribution in [0.5, 0.6) is 0 Å². The van der Waals surface area contributed by atoms with Gasteiger partial charge in [-0.1, -0.05) is 12.1 Å². The van der Waals surface area contributed by atoms with Crippen molar-refractivity contribution in [3.8, 4) is 10.4 Å². The Balaban J connectivity index is 1.52. The lowest BCUT2D eigenvalue weighted by Gasteiger charge is -2.17. The number of benzene rings is 1. The number of allylic oxidation sites excluding steroid dienone is 1. The topological polar surface area (TPSA) is 101 Å². The monoisotopic (exact) mass is 454 g/mol. The smallest absolute Gasteiger partial charge is 0.181 e. The van der Waals surface area contributed by atoms with Crippen molar-refractivity contribution in [2.45, 2.75) is 55.2 Å². The fraction of sp³-hybridized carbons (Fsp3) is 0.348. The van der Waals surface area contributed by atoms with Crippen LogP contribution >= 0.6 is 11.3 Å². The molecule has 8 heteroatoms. The van der Waals surface area contributed by atoms with Gasteiger partial charge in [0.05, 0.1) is 10.1 Å². The Kier molecular flexibility index (Phi) is 5.24. The summed E-state index contributed by atoms with van der Waals surface area (Å²) in [7, 11) is -3.37. The maximum Gasteiger partial charge on any atom is 0.181 e. The largest absolute Gasteiger partial charge is 0.339 e. The summed E-state index contributed by atoms with van der Waals surface area (Å²) in [6.45, 7) is 1.92. The minimum atomic E-state index is -3.37. The van der Waals surface area contributed by atoms with E-state index in [1.54, 1.807) is 17.4 Å². The number of nitrogens with one attached hydrogen (secondary N) is 2. The first kappa shape index (κ1) is 20.5. The Bertz CT molecular complexity index is 1250. The number of rotatable bonds is 6. The van der Waals surface area contributed by atoms with E-state index in [9.17, 15) is 8.42 Å². The minimum absolute atomic E-state index is 0.247. The highest BCUT2D eigenvalue weighted by molar-refractivity contribution is 7.92. The summed E-state index contributed by atoms with van der Waals surface area (Å²) in [4.78, 5) is 2.58. The third-order valence-corrected chi connectivity index (χ3v) is 9.36. The quantitative estimate of drug-likeness (QED) is 0.485. The molecule has 31 heavy (non-hydrogen) atoms. The van der Waals surface area contributed by atoms with Crippen molar-refractivity contribution in [2.24, 2.45) is 5.73 Å². The fourth-order valence-electron chi connectivity index (χ4n) is 3.96. The summed E-state index contributed by atoms with van der Waals surface area (Å²) in [6, 6.07) is 11.9. The first-order valence-electron chi connectivity index (χ1n) is 10.6. The summed E-state index contributed by atoms with van der Waals surface area (Å²) in [6.07, 6.45) is 6.57. The first-order chi connectivity index (χ1) is 14.9. The number of anilines is 2. The first-order valence-corrected chi connectivity index (χ1v) is 13.0. The van der Waals surface area contributed by atoms with Crippen LogP contribution < -0.4 is 11.1 Å². The zero-order valence-corrected chi connectivity index (χ0v) is 19.0. The van der Waals surface area contributed by atoms with Crippen molar-refractivity contribution in [3.05, 3.63) is 53.0 Å². The van der Waals surface area contributed by atoms with Gasteiger partial charge in [0.2, 0.25) is 0 Å². The highest BCUT2D eigenvalue weighted by Gasteiger charge is 2.38. The summed E-state index contributed by atoms with van der Waals surface area (Å²) >= 11 is 1.66. The molecule has 1 aromatic carbocycles. The summed E-state index contributed by atoms with van der Waals surface area (Å²) in [5.74, 6) is 0.667. The van der Waals surface area contributed by atoms with Crippen LogP contribution in [0, 0.1) is 6.92 Å². The lowest BCUT2D eigenvalue weighted by atomic mass is 9.95. The number of sulfone groups is 1. The van der Waals surface area contributed by atoms with E-state index >= 15 is 0 Å². The third kappa shape index (κ3) is 4.20. The van der Waals surface area contributed by atoms with E-state index in [4.69, 9.17) is 5.73 Å². The third-order valence-electron chi connectivity index (χ3n) is 5.87. The second kappa shape index (κ2) is 7.93. The van der Waals surface area contributed by atoms with Gasteiger partial charge in [0.15, 0.2) is 15.7 Å². The van der Waals surface area contributed by atoms with Crippen LogP contribution in [0.25, 0.3) is 16.0 Å². The number of aryl methyl sites for hydroxylation is 1. The van der Waals surface area contributed by atoms with Crippen molar-refractivity contribution >= 4 is 38.3 Å². The molecule has 1 saturated carbocycles. The lowest BCUT2D eigenvalue weighted by Crippen LogP contribution is -2.21. The molecule has 0 spiro atoms. The van der Waals surface area contributed by atoms with Crippen LogP contribution in [0.15, 0.2) is 47.4 Å². The molecule has 0 aliphatic heterocycles. The molecule has 0 saturated heterocycles. The van der Waals surface area contributed by atoms with Gasteiger partial charge in [-0.3, -0.25) is 5.10 Å². The second-order valence-electron chi connectivity index (χ2n) is 8.44. The molecule has 5 rings (SSSR count). The van der Waals surface area contributed by atoms with Gasteiger partial charge in [-0.2, -0.15) is 5.10 Å². The normalized spacial score (nSPS) is 19.3. The van der Waals surface area contributed by atoms with E-state index in [2.05, 4.69) is 27.7 Å². The Morgan fingerprint density at radius 1 is 1.13 bits per heavy atom. The number of thiophene rings is 1. The number of H-pyrrole nitrogens is 1. The Hall–Kier alpha value is -2.42. The molecule has 1 fully saturated rings. The molecule has 2 aliphatic rings. The van der Waals surface area contributed by atoms with E-state index < -0.39 is 9.84 Å². The Labute approximate surface area is 186 Å². The zero-order chi connectivity index (χ0) is 21.6. The Morgan fingerprint density at radius 2 is 1.94 bits per heavy atom. The molecule has 162 valence electrons. The van der Waals surface area contributed by atoms with Gasteiger partial charge in [-0.05, 0) is 68.9 Å². The number of aromatic nitrogens is 2. The molecular formula is C23H26N4O2S2. The van der Waals surface area contributed by atoms with Gasteiger partial charge in [-0.25, -0.2) is 8.42 Å². The van der Waals surface area contributed by atoms with Crippen LogP contribution in [-0.2, 0) is 9.84 Å². The molecule has 3 aromatic rings. The number of aromatic amines is 1. The zero-order valence-electron chi connectivity index (χ0n) is 17.4. The summed E-state index contributed by atoms with van der Waals surface area (Å²) < 4.78 is 26.5. The van der Waals surface area contributed by atoms with Crippen LogP contribution in [0.3, 0.4) is 0 Å². The highest BCUT2D eigenvalue weighted by atomic mass is 32.2. The summed E-state index contributed by atoms with van der Waals surface area (Å²) in [5.41, 5.74) is 9.77. The van der Waals surface area contributed by atoms with Crippen LogP contribution in [0.1, 0.15) is 42.7 Å². The molecule has 1 atom stereocenters. The molecule has 0 amide bonds. The fourth-order valence-corrected chi connectivity index (χ4v) is 7.03. The van der Waals surface area contributed by atoms with Gasteiger partial charge >= 0.3 is 0 Å². The van der Waals surface area contributed by atoms with E-state index in [1.165, 1.54) is 10.5 Å². The average molecular weight is 455 g/mol. The van der Waals surface area contributed by atoms with E-state index in [0.29, 0.717) is 10.7 Å². The Morgan fingerprint density at radius 3 is 2.61 bits per heavy atom. The number of hydrogen-bond acceptors (Lipinski definition) is 6. The highest BCUT2D eigenvalue weighted by Crippen LogP contribution is 2.42. The van der Waals surface area contributed by atoms with Crippen LogP contribution in [-0.4, -0.2) is 29.9 Å². The van der Waals surface area contributed by atoms with Gasteiger partial charge in [0.1, 0.15) is 0 Å². The van der Waals surface area contributed by atoms with E-state index in [1.807, 2.05) is 31.2 Å². The predicted octanol–water partition coefficient (Wildman–Crippen LogP) is 5.02. The predicted molar refractivity (Wildman–Crippen MR) is 126 cm³/mol. The second-order valence-corrected chi connectivity index (χ2v) is 11.7. The van der Waals surface area contributed by atoms with Crippen molar-refractivity contribution < 1.29 is 8.42 Å². The van der Waals surface area contributed by atoms with Crippen molar-refractivity contribution in [3.63, 3.8) is 0 Å². The maximum atomic E-state index is 13.3. The van der Waals surface area contributed by atoms with Gasteiger partial charge in [0.25, 0.3) is 0 Å². The minimum Gasteiger partial charge on any atom is -0.339 e. The maximum absolute atomic E-state index is 13.3. The molecule has 0 bridgehead atoms. The number of nitrogens with two attached hydrogens (primary N) is 1. The van der Waals surface area contributed by atoms with Crippen molar-refractivity contribution in [1.29, 1.82) is 0 Å². The van der Waals surface area contributed by atoms with Gasteiger partial charge in [-0.15, -0.1) is 11.3 Å². The molecule has 6 nitrogen and oxygen atoms in total. The molecule has 4 N–H and O–H groups in total. The number of nitrogens with zero attached hydrogens (tertiary/aromatic N) is 1. The van der Waals surface area contributed by atoms with Crippen LogP contribution in [0.4, 0.5) is 11.5 Å². The van der Waals surface area contributed by atoms with Gasteiger partial charge < -0.3 is 11.1 Å². The van der Waals surface area contributed by atoms with Crippen LogP contribution in [0.2, 0.25) is 0 Å². The van der Waals surface area contributed by atoms with Crippen molar-refractivity contribution in [1.82, 2.24) is 10.2 Å². The molecule has 0 radical (unpaired) electrons. The molecule has 1 unspecified atom stereocenters. The van der Waals surface area contributed by atoms with E-state index in [0.717, 1.165) is 53.9 Å². The molecule has 2 heterocycles. The lowest BCUT2D eigenvalue weighted by molar-refractivity contribution is 0.595. The van der Waals surface area contributed by atoms with Crippen molar-refractivity contribution in [2.75, 3.05) is 5.32 Å². The summed E-state index contributed by atoms with van der Waals surface area (Å²) in [5, 5.41) is 10.0. The molecule has 2 aromatic heterocycles. The standard InChI is InChI=1S/C23H26N4O2S2/c1-14-12-23(27-26-14)25-17-6-9-19(22(13-17)31(28,29)18-7-8-18)21-11-10-20(30-21)15-2-4-16(24)5-3-15/h2,6,9-13,16,18H,3-5,7-8,24H2,1H3,(H2,25,26,27).